The van der Waals surface area contributed by atoms with Gasteiger partial charge >= 0.3 is 0 Å². The number of para-hydroxylation sites is 1. The van der Waals surface area contributed by atoms with Crippen molar-refractivity contribution in [2.45, 2.75) is 61.9 Å². The molecule has 0 unspecified atom stereocenters. The van der Waals surface area contributed by atoms with Crippen molar-refractivity contribution in [1.29, 1.82) is 0 Å². The van der Waals surface area contributed by atoms with Crippen molar-refractivity contribution in [3.63, 3.8) is 0 Å². The summed E-state index contributed by atoms with van der Waals surface area (Å²) in [5, 5.41) is 37.2. The molecule has 0 aliphatic carbocycles. The zero-order valence-corrected chi connectivity index (χ0v) is 24.4. The number of carbonyl (C=O) groups excluding carboxylic acids is 4. The molecule has 240 valence electrons. The SMILES string of the molecule is O=C1C[C@@H]2O[C@H](CNC(=O)[C@@H]3CN(CCN3C(=O)c3ccc(F)cc3)C(=O)[C@@H]3C[C@@H](CN3Cc3ccccc3O)N1)[C@@H](O)[C@H]2O. The molecule has 45 heavy (non-hydrogen) atoms. The molecular formula is C31H36FN5O8. The van der Waals surface area contributed by atoms with Crippen LogP contribution in [0.3, 0.4) is 0 Å². The number of aliphatic hydroxyl groups is 2. The molecule has 14 heteroatoms. The summed E-state index contributed by atoms with van der Waals surface area (Å²) in [5.41, 5.74) is 0.780. The number of hydrogen-bond acceptors (Lipinski definition) is 9. The second-order valence-corrected chi connectivity index (χ2v) is 12.0. The summed E-state index contributed by atoms with van der Waals surface area (Å²) >= 11 is 0. The highest BCUT2D eigenvalue weighted by Crippen LogP contribution is 2.29. The van der Waals surface area contributed by atoms with E-state index in [1.807, 2.05) is 4.90 Å². The third kappa shape index (κ3) is 6.36. The van der Waals surface area contributed by atoms with Crippen LogP contribution in [-0.4, -0.2) is 129 Å². The predicted octanol–water partition coefficient (Wildman–Crippen LogP) is -1.05. The van der Waals surface area contributed by atoms with Crippen LogP contribution in [-0.2, 0) is 25.7 Å². The molecule has 2 aromatic carbocycles. The van der Waals surface area contributed by atoms with Crippen LogP contribution in [0.2, 0.25) is 0 Å². The largest absolute Gasteiger partial charge is 0.508 e. The Labute approximate surface area is 258 Å². The molecule has 4 amide bonds. The molecule has 4 aliphatic rings. The van der Waals surface area contributed by atoms with Crippen LogP contribution in [0, 0.1) is 5.82 Å². The van der Waals surface area contributed by atoms with Crippen LogP contribution in [0.4, 0.5) is 4.39 Å². The maximum Gasteiger partial charge on any atom is 0.254 e. The van der Waals surface area contributed by atoms with Crippen molar-refractivity contribution in [2.24, 2.45) is 0 Å². The normalized spacial score (nSPS) is 31.1. The second kappa shape index (κ2) is 12.7. The molecule has 4 aliphatic heterocycles. The van der Waals surface area contributed by atoms with Gasteiger partial charge in [0.1, 0.15) is 35.9 Å². The van der Waals surface area contributed by atoms with Gasteiger partial charge in [-0.15, -0.1) is 0 Å². The number of benzene rings is 2. The van der Waals surface area contributed by atoms with Crippen molar-refractivity contribution in [3.05, 3.63) is 65.5 Å². The summed E-state index contributed by atoms with van der Waals surface area (Å²) in [5.74, 6) is -2.25. The van der Waals surface area contributed by atoms with Gasteiger partial charge in [0.2, 0.25) is 17.7 Å². The lowest BCUT2D eigenvalue weighted by molar-refractivity contribution is -0.141. The molecule has 0 spiro atoms. The molecule has 13 nitrogen and oxygen atoms in total. The monoisotopic (exact) mass is 625 g/mol. The minimum atomic E-state index is -1.37. The minimum Gasteiger partial charge on any atom is -0.508 e. The van der Waals surface area contributed by atoms with E-state index in [0.717, 1.165) is 12.1 Å². The van der Waals surface area contributed by atoms with Crippen LogP contribution in [0.5, 0.6) is 5.75 Å². The fourth-order valence-corrected chi connectivity index (χ4v) is 6.67. The smallest absolute Gasteiger partial charge is 0.254 e. The van der Waals surface area contributed by atoms with Crippen LogP contribution in [0.25, 0.3) is 0 Å². The highest BCUT2D eigenvalue weighted by Gasteiger charge is 2.47. The molecule has 2 aromatic rings. The Bertz CT molecular complexity index is 1460. The molecule has 4 fully saturated rings. The number of carbonyl (C=O) groups is 4. The lowest BCUT2D eigenvalue weighted by atomic mass is 10.0. The fraction of sp³-hybridized carbons (Fsp3) is 0.484. The van der Waals surface area contributed by atoms with Crippen molar-refractivity contribution >= 4 is 23.6 Å². The minimum absolute atomic E-state index is 0.0235. The molecule has 5 N–H and O–H groups in total. The number of piperazine rings is 1. The lowest BCUT2D eigenvalue weighted by Gasteiger charge is -2.42. The van der Waals surface area contributed by atoms with Crippen molar-refractivity contribution < 1.29 is 43.6 Å². The first-order chi connectivity index (χ1) is 21.6. The predicted molar refractivity (Wildman–Crippen MR) is 155 cm³/mol. The number of amides is 4. The standard InChI is InChI=1S/C31H36FN5O8/c32-19-7-5-17(6-8-19)30(43)37-10-9-35-16-22(37)29(42)33-13-25-28(41)27(40)24(45-25)12-26(39)34-20-11-21(31(35)44)36(15-20)14-18-3-1-2-4-23(18)38/h1-8,20-22,24-25,27-28,38,40-41H,9-16H2,(H,33,42)(H,34,39)/t20-,21-,22-,24-,25+,27-,28+/m0/s1. The Balaban J connectivity index is 1.30. The third-order valence-electron chi connectivity index (χ3n) is 9.09. The van der Waals surface area contributed by atoms with Crippen LogP contribution in [0.15, 0.2) is 48.5 Å². The number of aliphatic hydroxyl groups excluding tert-OH is 2. The number of rotatable bonds is 3. The molecule has 7 atom stereocenters. The molecule has 0 aromatic heterocycles. The zero-order valence-electron chi connectivity index (χ0n) is 24.4. The number of aromatic hydroxyl groups is 1. The Hall–Kier alpha value is -4.11. The number of phenolic OH excluding ortho intramolecular Hbond substituents is 1. The van der Waals surface area contributed by atoms with E-state index in [1.165, 1.54) is 21.9 Å². The number of phenols is 1. The Morgan fingerprint density at radius 2 is 1.69 bits per heavy atom. The number of fused-ring (bicyclic) bond motifs is 6. The number of ether oxygens (including phenoxy) is 1. The van der Waals surface area contributed by atoms with Gasteiger partial charge in [0, 0.05) is 49.9 Å². The van der Waals surface area contributed by atoms with E-state index in [4.69, 9.17) is 4.74 Å². The zero-order chi connectivity index (χ0) is 31.8. The van der Waals surface area contributed by atoms with Crippen LogP contribution < -0.4 is 10.6 Å². The second-order valence-electron chi connectivity index (χ2n) is 12.0. The Morgan fingerprint density at radius 1 is 0.956 bits per heavy atom. The van der Waals surface area contributed by atoms with Crippen LogP contribution in [0.1, 0.15) is 28.8 Å². The summed E-state index contributed by atoms with van der Waals surface area (Å²) in [7, 11) is 0. The lowest BCUT2D eigenvalue weighted by Crippen LogP contribution is -2.63. The molecule has 6 rings (SSSR count). The Kier molecular flexibility index (Phi) is 8.73. The van der Waals surface area contributed by atoms with Gasteiger partial charge in [0.15, 0.2) is 0 Å². The molecule has 0 radical (unpaired) electrons. The molecule has 4 saturated heterocycles. The summed E-state index contributed by atoms with van der Waals surface area (Å²) in [6.45, 7) is 0.331. The van der Waals surface area contributed by atoms with Gasteiger partial charge in [-0.1, -0.05) is 18.2 Å². The molecule has 4 heterocycles. The van der Waals surface area contributed by atoms with E-state index >= 15 is 0 Å². The average Bonchev–Trinajstić information content (AvgIpc) is 3.54. The summed E-state index contributed by atoms with van der Waals surface area (Å²) < 4.78 is 19.3. The quantitative estimate of drug-likeness (QED) is 0.286. The average molecular weight is 626 g/mol. The number of nitrogens with one attached hydrogen (secondary N) is 2. The van der Waals surface area contributed by atoms with Gasteiger partial charge in [-0.25, -0.2) is 4.39 Å². The highest BCUT2D eigenvalue weighted by atomic mass is 19.1. The molecule has 0 saturated carbocycles. The molecule has 6 bridgehead atoms. The van der Waals surface area contributed by atoms with Gasteiger partial charge < -0.3 is 40.5 Å². The summed E-state index contributed by atoms with van der Waals surface area (Å²) in [4.78, 5) is 59.0. The first kappa shape index (κ1) is 30.9. The number of halogens is 1. The van der Waals surface area contributed by atoms with Crippen molar-refractivity contribution in [2.75, 3.05) is 32.7 Å². The van der Waals surface area contributed by atoms with E-state index in [9.17, 15) is 38.9 Å². The summed E-state index contributed by atoms with van der Waals surface area (Å²) in [6.07, 6.45) is -4.76. The van der Waals surface area contributed by atoms with Gasteiger partial charge in [0.25, 0.3) is 5.91 Å². The van der Waals surface area contributed by atoms with Gasteiger partial charge in [0.05, 0.1) is 25.1 Å². The third-order valence-corrected chi connectivity index (χ3v) is 9.09. The maximum atomic E-state index is 14.1. The first-order valence-corrected chi connectivity index (χ1v) is 15.0. The fourth-order valence-electron chi connectivity index (χ4n) is 6.67. The number of hydrogen-bond donors (Lipinski definition) is 5. The van der Waals surface area contributed by atoms with Gasteiger partial charge in [-0.05, 0) is 36.8 Å². The van der Waals surface area contributed by atoms with E-state index in [0.29, 0.717) is 12.1 Å². The van der Waals surface area contributed by atoms with Crippen molar-refractivity contribution in [3.8, 4) is 5.75 Å². The van der Waals surface area contributed by atoms with E-state index < -0.39 is 66.1 Å². The Morgan fingerprint density at radius 3 is 2.44 bits per heavy atom. The summed E-state index contributed by atoms with van der Waals surface area (Å²) in [6, 6.07) is 9.48. The van der Waals surface area contributed by atoms with Crippen molar-refractivity contribution in [1.82, 2.24) is 25.3 Å². The van der Waals surface area contributed by atoms with Gasteiger partial charge in [-0.3, -0.25) is 24.1 Å². The number of likely N-dealkylation sites (tertiary alicyclic amines) is 1. The highest BCUT2D eigenvalue weighted by molar-refractivity contribution is 5.98. The van der Waals surface area contributed by atoms with E-state index in [2.05, 4.69) is 10.6 Å². The maximum absolute atomic E-state index is 14.1. The van der Waals surface area contributed by atoms with Crippen LogP contribution >= 0.6 is 0 Å². The van der Waals surface area contributed by atoms with E-state index in [-0.39, 0.29) is 62.8 Å². The topological polar surface area (TPSA) is 172 Å². The van der Waals surface area contributed by atoms with E-state index in [1.54, 1.807) is 24.3 Å². The first-order valence-electron chi connectivity index (χ1n) is 15.0. The molecular weight excluding hydrogens is 589 g/mol. The van der Waals surface area contributed by atoms with Gasteiger partial charge in [-0.2, -0.15) is 0 Å². The number of nitrogens with zero attached hydrogens (tertiary/aromatic N) is 3.